The first-order valence-corrected chi connectivity index (χ1v) is 9.67. The van der Waals surface area contributed by atoms with Gasteiger partial charge in [0.15, 0.2) is 0 Å². The third-order valence-electron chi connectivity index (χ3n) is 4.80. The number of phenolic OH excluding ortho intramolecular Hbond substituents is 1. The fourth-order valence-corrected chi connectivity index (χ4v) is 3.01. The summed E-state index contributed by atoms with van der Waals surface area (Å²) in [6.45, 7) is 3.95. The van der Waals surface area contributed by atoms with Crippen LogP contribution in [-0.4, -0.2) is 54.4 Å². The number of rotatable bonds is 5. The highest BCUT2D eigenvalue weighted by molar-refractivity contribution is 5.94. The molecule has 1 heterocycles. The van der Waals surface area contributed by atoms with E-state index in [2.05, 4.69) is 5.32 Å². The molecule has 0 radical (unpaired) electrons. The highest BCUT2D eigenvalue weighted by Gasteiger charge is 2.22. The van der Waals surface area contributed by atoms with E-state index in [9.17, 15) is 14.7 Å². The maximum Gasteiger partial charge on any atom is 0.410 e. The van der Waals surface area contributed by atoms with Gasteiger partial charge in [0.25, 0.3) is 5.91 Å². The molecule has 7 heteroatoms. The molecule has 1 fully saturated rings. The summed E-state index contributed by atoms with van der Waals surface area (Å²) >= 11 is 0. The van der Waals surface area contributed by atoms with Crippen molar-refractivity contribution in [2.45, 2.75) is 26.1 Å². The lowest BCUT2D eigenvalue weighted by Gasteiger charge is -2.19. The molecule has 2 aromatic carbocycles. The van der Waals surface area contributed by atoms with Crippen molar-refractivity contribution in [1.29, 1.82) is 0 Å². The number of ether oxygens (including phenoxy) is 2. The molecule has 1 saturated heterocycles. The Kier molecular flexibility index (Phi) is 7.08. The van der Waals surface area contributed by atoms with Crippen molar-refractivity contribution in [2.24, 2.45) is 0 Å². The highest BCUT2D eigenvalue weighted by Crippen LogP contribution is 2.12. The first kappa shape index (κ1) is 20.7. The Bertz CT molecular complexity index is 820. The first-order chi connectivity index (χ1) is 14.0. The van der Waals surface area contributed by atoms with Gasteiger partial charge in [0.1, 0.15) is 12.4 Å². The number of amides is 2. The molecule has 0 saturated carbocycles. The van der Waals surface area contributed by atoms with E-state index in [4.69, 9.17) is 9.47 Å². The van der Waals surface area contributed by atoms with Gasteiger partial charge in [-0.3, -0.25) is 4.79 Å². The predicted octanol–water partition coefficient (Wildman–Crippen LogP) is 2.86. The Morgan fingerprint density at radius 1 is 1.14 bits per heavy atom. The van der Waals surface area contributed by atoms with Crippen LogP contribution in [0.4, 0.5) is 4.79 Å². The molecule has 1 aliphatic heterocycles. The quantitative estimate of drug-likeness (QED) is 0.809. The summed E-state index contributed by atoms with van der Waals surface area (Å²) in [6, 6.07) is 13.9. The van der Waals surface area contributed by atoms with Crippen LogP contribution in [0.5, 0.6) is 5.75 Å². The Balaban J connectivity index is 1.42. The van der Waals surface area contributed by atoms with Crippen LogP contribution in [0.1, 0.15) is 27.9 Å². The zero-order chi connectivity index (χ0) is 20.6. The summed E-state index contributed by atoms with van der Waals surface area (Å²) < 4.78 is 11.2. The Morgan fingerprint density at radius 2 is 1.86 bits per heavy atom. The van der Waals surface area contributed by atoms with Crippen LogP contribution >= 0.6 is 0 Å². The fourth-order valence-electron chi connectivity index (χ4n) is 3.01. The van der Waals surface area contributed by atoms with Gasteiger partial charge in [-0.15, -0.1) is 0 Å². The molecule has 0 aliphatic carbocycles. The minimum atomic E-state index is -0.358. The smallest absolute Gasteiger partial charge is 0.410 e. The third-order valence-corrected chi connectivity index (χ3v) is 4.80. The maximum absolute atomic E-state index is 12.3. The number of hydrogen-bond acceptors (Lipinski definition) is 5. The van der Waals surface area contributed by atoms with E-state index in [-0.39, 0.29) is 30.5 Å². The van der Waals surface area contributed by atoms with Crippen LogP contribution in [0, 0.1) is 6.92 Å². The minimum Gasteiger partial charge on any atom is -0.508 e. The van der Waals surface area contributed by atoms with Crippen LogP contribution in [-0.2, 0) is 16.1 Å². The zero-order valence-electron chi connectivity index (χ0n) is 16.5. The van der Waals surface area contributed by atoms with E-state index in [0.717, 1.165) is 11.1 Å². The monoisotopic (exact) mass is 398 g/mol. The van der Waals surface area contributed by atoms with Gasteiger partial charge in [-0.2, -0.15) is 0 Å². The molecule has 1 atom stereocenters. The summed E-state index contributed by atoms with van der Waals surface area (Å²) in [5, 5.41) is 12.1. The number of aromatic hydroxyl groups is 1. The molecular formula is C22H26N2O5. The summed E-state index contributed by atoms with van der Waals surface area (Å²) in [7, 11) is 0. The van der Waals surface area contributed by atoms with E-state index >= 15 is 0 Å². The normalized spacial score (nSPS) is 16.7. The van der Waals surface area contributed by atoms with Crippen molar-refractivity contribution < 1.29 is 24.2 Å². The number of hydrogen-bond donors (Lipinski definition) is 2. The van der Waals surface area contributed by atoms with Crippen LogP contribution in [0.3, 0.4) is 0 Å². The van der Waals surface area contributed by atoms with Crippen LogP contribution in [0.2, 0.25) is 0 Å². The van der Waals surface area contributed by atoms with E-state index in [1.54, 1.807) is 17.0 Å². The first-order valence-electron chi connectivity index (χ1n) is 9.67. The van der Waals surface area contributed by atoms with Gasteiger partial charge in [0.05, 0.1) is 12.7 Å². The molecule has 1 aliphatic rings. The van der Waals surface area contributed by atoms with Crippen molar-refractivity contribution in [1.82, 2.24) is 10.2 Å². The Hall–Kier alpha value is -3.06. The second-order valence-electron chi connectivity index (χ2n) is 7.07. The second-order valence-corrected chi connectivity index (χ2v) is 7.07. The predicted molar refractivity (Wildman–Crippen MR) is 108 cm³/mol. The number of carbonyl (C=O) groups is 2. The molecule has 7 nitrogen and oxygen atoms in total. The number of nitrogens with zero attached hydrogens (tertiary/aromatic N) is 1. The number of phenols is 1. The SMILES string of the molecule is Cc1ccc(COC(=O)N2CCOC(CNC(=O)c3ccc(O)cc3)CC2)cc1. The van der Waals surface area contributed by atoms with Crippen molar-refractivity contribution in [2.75, 3.05) is 26.2 Å². The number of aryl methyl sites for hydroxylation is 1. The van der Waals surface area contributed by atoms with E-state index in [0.29, 0.717) is 38.2 Å². The summed E-state index contributed by atoms with van der Waals surface area (Å²) in [5.41, 5.74) is 2.58. The summed E-state index contributed by atoms with van der Waals surface area (Å²) in [4.78, 5) is 26.1. The molecule has 2 amide bonds. The largest absolute Gasteiger partial charge is 0.508 e. The molecule has 1 unspecified atom stereocenters. The second kappa shape index (κ2) is 9.93. The highest BCUT2D eigenvalue weighted by atomic mass is 16.6. The van der Waals surface area contributed by atoms with Crippen molar-refractivity contribution in [3.63, 3.8) is 0 Å². The number of benzene rings is 2. The van der Waals surface area contributed by atoms with E-state index in [1.165, 1.54) is 12.1 Å². The van der Waals surface area contributed by atoms with Crippen LogP contribution in [0.25, 0.3) is 0 Å². The molecule has 29 heavy (non-hydrogen) atoms. The van der Waals surface area contributed by atoms with Gasteiger partial charge in [0.2, 0.25) is 0 Å². The molecular weight excluding hydrogens is 372 g/mol. The van der Waals surface area contributed by atoms with Crippen molar-refractivity contribution in [3.05, 3.63) is 65.2 Å². The van der Waals surface area contributed by atoms with Gasteiger partial charge >= 0.3 is 6.09 Å². The molecule has 0 bridgehead atoms. The Morgan fingerprint density at radius 3 is 2.59 bits per heavy atom. The number of carbonyl (C=O) groups excluding carboxylic acids is 2. The van der Waals surface area contributed by atoms with Gasteiger partial charge in [0, 0.05) is 25.2 Å². The lowest BCUT2D eigenvalue weighted by Crippen LogP contribution is -2.35. The molecule has 154 valence electrons. The van der Waals surface area contributed by atoms with E-state index in [1.807, 2.05) is 31.2 Å². The molecule has 2 aromatic rings. The van der Waals surface area contributed by atoms with E-state index < -0.39 is 0 Å². The maximum atomic E-state index is 12.3. The van der Waals surface area contributed by atoms with Gasteiger partial charge in [-0.1, -0.05) is 29.8 Å². The lowest BCUT2D eigenvalue weighted by molar-refractivity contribution is 0.0569. The topological polar surface area (TPSA) is 88.1 Å². The molecule has 3 rings (SSSR count). The zero-order valence-corrected chi connectivity index (χ0v) is 16.5. The van der Waals surface area contributed by atoms with Crippen LogP contribution in [0.15, 0.2) is 48.5 Å². The summed E-state index contributed by atoms with van der Waals surface area (Å²) in [5.74, 6) is -0.116. The van der Waals surface area contributed by atoms with Crippen LogP contribution < -0.4 is 5.32 Å². The molecule has 2 N–H and O–H groups in total. The average molecular weight is 398 g/mol. The summed E-state index contributed by atoms with van der Waals surface area (Å²) in [6.07, 6.45) is 0.0732. The lowest BCUT2D eigenvalue weighted by atomic mass is 10.2. The number of nitrogens with one attached hydrogen (secondary N) is 1. The third kappa shape index (κ3) is 6.22. The Labute approximate surface area is 170 Å². The van der Waals surface area contributed by atoms with Crippen molar-refractivity contribution >= 4 is 12.0 Å². The fraction of sp³-hybridized carbons (Fsp3) is 0.364. The van der Waals surface area contributed by atoms with Gasteiger partial charge in [-0.05, 0) is 43.2 Å². The van der Waals surface area contributed by atoms with Crippen molar-refractivity contribution in [3.8, 4) is 5.75 Å². The van der Waals surface area contributed by atoms with Gasteiger partial charge in [-0.25, -0.2) is 4.79 Å². The standard InChI is InChI=1S/C22H26N2O5/c1-16-2-4-17(5-3-16)15-29-22(27)24-11-10-20(28-13-12-24)14-23-21(26)18-6-8-19(25)9-7-18/h2-9,20,25H,10-15H2,1H3,(H,23,26). The molecule has 0 aromatic heterocycles. The molecule has 0 spiro atoms. The minimum absolute atomic E-state index is 0.114. The average Bonchev–Trinajstić information content (AvgIpc) is 2.98. The van der Waals surface area contributed by atoms with Gasteiger partial charge < -0.3 is 24.8 Å².